The normalized spacial score (nSPS) is 11.9. The second kappa shape index (κ2) is 8.20. The van der Waals surface area contributed by atoms with E-state index >= 15 is 0 Å². The van der Waals surface area contributed by atoms with Gasteiger partial charge in [0.1, 0.15) is 23.2 Å². The molecule has 0 bridgehead atoms. The smallest absolute Gasteiger partial charge is 0.257 e. The number of carbonyl (C=O) groups excluding carboxylic acids is 2. The SMILES string of the molecule is CC(C)C(NC(=O)c1c(F)cccc1F)C(=O)Nc1ccc(Br)cc1. The Hall–Kier alpha value is -2.28. The number of benzene rings is 2. The molecule has 132 valence electrons. The first kappa shape index (κ1) is 19.1. The molecule has 2 rings (SSSR count). The van der Waals surface area contributed by atoms with Crippen molar-refractivity contribution in [1.82, 2.24) is 5.32 Å². The Morgan fingerprint density at radius 2 is 1.56 bits per heavy atom. The first-order valence-electron chi connectivity index (χ1n) is 7.61. The van der Waals surface area contributed by atoms with E-state index in [9.17, 15) is 18.4 Å². The van der Waals surface area contributed by atoms with Crippen LogP contribution in [0.5, 0.6) is 0 Å². The number of halogens is 3. The van der Waals surface area contributed by atoms with Gasteiger partial charge in [0.15, 0.2) is 0 Å². The maximum absolute atomic E-state index is 13.7. The van der Waals surface area contributed by atoms with E-state index in [0.29, 0.717) is 5.69 Å². The minimum Gasteiger partial charge on any atom is -0.340 e. The molecule has 0 heterocycles. The maximum Gasteiger partial charge on any atom is 0.257 e. The van der Waals surface area contributed by atoms with Gasteiger partial charge < -0.3 is 10.6 Å². The third-order valence-electron chi connectivity index (χ3n) is 3.54. The molecule has 25 heavy (non-hydrogen) atoms. The summed E-state index contributed by atoms with van der Waals surface area (Å²) in [5, 5.41) is 5.08. The molecule has 1 atom stereocenters. The van der Waals surface area contributed by atoms with E-state index in [1.165, 1.54) is 6.07 Å². The molecular formula is C18H17BrF2N2O2. The lowest BCUT2D eigenvalue weighted by Crippen LogP contribution is -2.47. The van der Waals surface area contributed by atoms with Crippen LogP contribution in [0.25, 0.3) is 0 Å². The van der Waals surface area contributed by atoms with Crippen LogP contribution in [0.1, 0.15) is 24.2 Å². The number of anilines is 1. The molecule has 4 nitrogen and oxygen atoms in total. The third kappa shape index (κ3) is 4.85. The number of carbonyl (C=O) groups is 2. The highest BCUT2D eigenvalue weighted by Crippen LogP contribution is 2.16. The van der Waals surface area contributed by atoms with Crippen LogP contribution in [-0.2, 0) is 4.79 Å². The molecule has 2 aromatic carbocycles. The van der Waals surface area contributed by atoms with Gasteiger partial charge in [-0.1, -0.05) is 35.8 Å². The molecule has 0 aromatic heterocycles. The summed E-state index contributed by atoms with van der Waals surface area (Å²) in [5.41, 5.74) is -0.158. The zero-order valence-corrected chi connectivity index (χ0v) is 15.2. The van der Waals surface area contributed by atoms with Gasteiger partial charge in [0.05, 0.1) is 0 Å². The number of nitrogens with one attached hydrogen (secondary N) is 2. The summed E-state index contributed by atoms with van der Waals surface area (Å²) in [4.78, 5) is 24.7. The minimum atomic E-state index is -0.978. The molecule has 1 unspecified atom stereocenters. The van der Waals surface area contributed by atoms with E-state index in [1.54, 1.807) is 38.1 Å². The van der Waals surface area contributed by atoms with E-state index < -0.39 is 35.1 Å². The van der Waals surface area contributed by atoms with Gasteiger partial charge in [0.25, 0.3) is 5.91 Å². The predicted octanol–water partition coefficient (Wildman–Crippen LogP) is 4.12. The van der Waals surface area contributed by atoms with Crippen molar-refractivity contribution in [3.63, 3.8) is 0 Å². The van der Waals surface area contributed by atoms with Crippen LogP contribution in [0.3, 0.4) is 0 Å². The van der Waals surface area contributed by atoms with Gasteiger partial charge in [-0.15, -0.1) is 0 Å². The summed E-state index contributed by atoms with van der Waals surface area (Å²) in [6, 6.07) is 9.10. The molecule has 0 saturated heterocycles. The fraction of sp³-hybridized carbons (Fsp3) is 0.222. The molecule has 0 radical (unpaired) electrons. The average Bonchev–Trinajstić information content (AvgIpc) is 2.54. The van der Waals surface area contributed by atoms with E-state index in [1.807, 2.05) is 0 Å². The Kier molecular flexibility index (Phi) is 6.25. The second-order valence-corrected chi connectivity index (χ2v) is 6.70. The third-order valence-corrected chi connectivity index (χ3v) is 4.07. The lowest BCUT2D eigenvalue weighted by molar-refractivity contribution is -0.118. The van der Waals surface area contributed by atoms with Gasteiger partial charge in [0, 0.05) is 10.2 Å². The summed E-state index contributed by atoms with van der Waals surface area (Å²) in [6.45, 7) is 3.45. The highest BCUT2D eigenvalue weighted by Gasteiger charge is 2.27. The first-order chi connectivity index (χ1) is 11.8. The Balaban J connectivity index is 2.16. The van der Waals surface area contributed by atoms with Gasteiger partial charge >= 0.3 is 0 Å². The van der Waals surface area contributed by atoms with Crippen LogP contribution in [0.2, 0.25) is 0 Å². The number of hydrogen-bond donors (Lipinski definition) is 2. The number of rotatable bonds is 5. The van der Waals surface area contributed by atoms with Gasteiger partial charge in [-0.05, 0) is 42.3 Å². The summed E-state index contributed by atoms with van der Waals surface area (Å²) < 4.78 is 28.3. The molecule has 7 heteroatoms. The fourth-order valence-corrected chi connectivity index (χ4v) is 2.48. The van der Waals surface area contributed by atoms with Crippen LogP contribution in [0.15, 0.2) is 46.9 Å². The van der Waals surface area contributed by atoms with E-state index in [0.717, 1.165) is 16.6 Å². The molecule has 2 amide bonds. The molecule has 0 aliphatic carbocycles. The Labute approximate surface area is 152 Å². The topological polar surface area (TPSA) is 58.2 Å². The minimum absolute atomic E-state index is 0.283. The standard InChI is InChI=1S/C18H17BrF2N2O2/c1-10(2)16(18(25)22-12-8-6-11(19)7-9-12)23-17(24)15-13(20)4-3-5-14(15)21/h3-10,16H,1-2H3,(H,22,25)(H,23,24). The zero-order chi connectivity index (χ0) is 18.6. The van der Waals surface area contributed by atoms with Crippen molar-refractivity contribution >= 4 is 33.4 Å². The molecule has 0 aliphatic heterocycles. The largest absolute Gasteiger partial charge is 0.340 e. The fourth-order valence-electron chi connectivity index (χ4n) is 2.22. The Morgan fingerprint density at radius 3 is 2.08 bits per heavy atom. The molecule has 0 fully saturated rings. The van der Waals surface area contributed by atoms with E-state index in [2.05, 4.69) is 26.6 Å². The van der Waals surface area contributed by atoms with Crippen LogP contribution >= 0.6 is 15.9 Å². The predicted molar refractivity (Wildman–Crippen MR) is 95.2 cm³/mol. The molecule has 2 aromatic rings. The number of amides is 2. The van der Waals surface area contributed by atoms with Crippen molar-refractivity contribution in [3.05, 3.63) is 64.1 Å². The van der Waals surface area contributed by atoms with Crippen LogP contribution < -0.4 is 10.6 Å². The average molecular weight is 411 g/mol. The van der Waals surface area contributed by atoms with Crippen LogP contribution in [-0.4, -0.2) is 17.9 Å². The molecule has 2 N–H and O–H groups in total. The highest BCUT2D eigenvalue weighted by atomic mass is 79.9. The molecular weight excluding hydrogens is 394 g/mol. The Morgan fingerprint density at radius 1 is 1.00 bits per heavy atom. The monoisotopic (exact) mass is 410 g/mol. The van der Waals surface area contributed by atoms with Crippen LogP contribution in [0, 0.1) is 17.6 Å². The van der Waals surface area contributed by atoms with Crippen molar-refractivity contribution in [2.45, 2.75) is 19.9 Å². The Bertz CT molecular complexity index is 759. The summed E-state index contributed by atoms with van der Waals surface area (Å²) in [5.74, 6) is -3.68. The van der Waals surface area contributed by atoms with Crippen molar-refractivity contribution in [3.8, 4) is 0 Å². The van der Waals surface area contributed by atoms with Crippen molar-refractivity contribution in [2.24, 2.45) is 5.92 Å². The van der Waals surface area contributed by atoms with Gasteiger partial charge in [-0.3, -0.25) is 9.59 Å². The lowest BCUT2D eigenvalue weighted by Gasteiger charge is -2.22. The van der Waals surface area contributed by atoms with Crippen molar-refractivity contribution < 1.29 is 18.4 Å². The maximum atomic E-state index is 13.7. The molecule has 0 aliphatic rings. The number of hydrogen-bond acceptors (Lipinski definition) is 2. The van der Waals surface area contributed by atoms with E-state index in [4.69, 9.17) is 0 Å². The molecule has 0 saturated carbocycles. The summed E-state index contributed by atoms with van der Waals surface area (Å²) in [6.07, 6.45) is 0. The van der Waals surface area contributed by atoms with Gasteiger partial charge in [0.2, 0.25) is 5.91 Å². The second-order valence-electron chi connectivity index (χ2n) is 5.79. The zero-order valence-electron chi connectivity index (χ0n) is 13.6. The lowest BCUT2D eigenvalue weighted by atomic mass is 10.0. The quantitative estimate of drug-likeness (QED) is 0.778. The van der Waals surface area contributed by atoms with E-state index in [-0.39, 0.29) is 5.92 Å². The highest BCUT2D eigenvalue weighted by molar-refractivity contribution is 9.10. The molecule has 0 spiro atoms. The van der Waals surface area contributed by atoms with Crippen molar-refractivity contribution in [1.29, 1.82) is 0 Å². The van der Waals surface area contributed by atoms with Gasteiger partial charge in [-0.2, -0.15) is 0 Å². The summed E-state index contributed by atoms with van der Waals surface area (Å²) in [7, 11) is 0. The first-order valence-corrected chi connectivity index (χ1v) is 8.40. The van der Waals surface area contributed by atoms with Crippen LogP contribution in [0.4, 0.5) is 14.5 Å². The summed E-state index contributed by atoms with van der Waals surface area (Å²) >= 11 is 3.30. The van der Waals surface area contributed by atoms with Crippen molar-refractivity contribution in [2.75, 3.05) is 5.32 Å². The van der Waals surface area contributed by atoms with Gasteiger partial charge in [-0.25, -0.2) is 8.78 Å².